The lowest BCUT2D eigenvalue weighted by atomic mass is 10.1. The average molecular weight is 505 g/mol. The lowest BCUT2D eigenvalue weighted by Crippen LogP contribution is -2.29. The normalized spacial score (nSPS) is 10.7. The highest BCUT2D eigenvalue weighted by Gasteiger charge is 2.20. The van der Waals surface area contributed by atoms with Crippen LogP contribution in [0.5, 0.6) is 11.5 Å². The summed E-state index contributed by atoms with van der Waals surface area (Å²) in [6.07, 6.45) is 0. The molecule has 0 unspecified atom stereocenters. The smallest absolute Gasteiger partial charge is 0.344 e. The number of ether oxygens (including phenoxy) is 4. The minimum absolute atomic E-state index is 0.134. The summed E-state index contributed by atoms with van der Waals surface area (Å²) in [5, 5.41) is 1.05. The number of carbonyl (C=O) groups is 2. The van der Waals surface area contributed by atoms with Crippen LogP contribution in [0.1, 0.15) is 15.9 Å². The van der Waals surface area contributed by atoms with E-state index in [-0.39, 0.29) is 30.4 Å². The Kier molecular flexibility index (Phi) is 10.4. The molecule has 0 aliphatic carbocycles. The highest BCUT2D eigenvalue weighted by Crippen LogP contribution is 2.30. The fourth-order valence-electron chi connectivity index (χ4n) is 2.68. The molecule has 0 saturated heterocycles. The number of halogens is 3. The Labute approximate surface area is 202 Å². The maximum absolute atomic E-state index is 12.4. The molecule has 0 fully saturated rings. The van der Waals surface area contributed by atoms with Crippen LogP contribution in [0.15, 0.2) is 30.3 Å². The fourth-order valence-corrected chi connectivity index (χ4v) is 3.37. The van der Waals surface area contributed by atoms with Gasteiger partial charge in [0.05, 0.1) is 17.2 Å². The van der Waals surface area contributed by atoms with Gasteiger partial charge in [-0.25, -0.2) is 9.59 Å². The molecule has 7 nitrogen and oxygen atoms in total. The van der Waals surface area contributed by atoms with Crippen molar-refractivity contribution >= 4 is 46.7 Å². The van der Waals surface area contributed by atoms with E-state index in [1.807, 2.05) is 18.9 Å². The van der Waals surface area contributed by atoms with Crippen molar-refractivity contribution in [1.82, 2.24) is 4.90 Å². The summed E-state index contributed by atoms with van der Waals surface area (Å²) in [4.78, 5) is 26.1. The number of likely N-dealkylation sites (N-methyl/N-ethyl adjacent to an activating group) is 1. The minimum atomic E-state index is -0.562. The number of hydrogen-bond acceptors (Lipinski definition) is 7. The Hall–Kier alpha value is -2.19. The fraction of sp³-hybridized carbons (Fsp3) is 0.364. The van der Waals surface area contributed by atoms with E-state index in [4.69, 9.17) is 53.8 Å². The Morgan fingerprint density at radius 3 is 2.31 bits per heavy atom. The molecular formula is C22H24Cl3NO6. The largest absolute Gasteiger partial charge is 0.496 e. The third-order valence-corrected chi connectivity index (χ3v) is 5.24. The molecule has 0 bridgehead atoms. The Morgan fingerprint density at radius 1 is 0.969 bits per heavy atom. The molecule has 0 aliphatic rings. The van der Waals surface area contributed by atoms with Crippen molar-refractivity contribution in [2.45, 2.75) is 6.92 Å². The molecular weight excluding hydrogens is 481 g/mol. The van der Waals surface area contributed by atoms with Crippen LogP contribution in [0.2, 0.25) is 15.1 Å². The van der Waals surface area contributed by atoms with Crippen molar-refractivity contribution in [3.8, 4) is 11.5 Å². The van der Waals surface area contributed by atoms with Gasteiger partial charge in [0.25, 0.3) is 0 Å². The van der Waals surface area contributed by atoms with E-state index in [1.54, 1.807) is 24.3 Å². The van der Waals surface area contributed by atoms with Gasteiger partial charge in [0, 0.05) is 18.1 Å². The van der Waals surface area contributed by atoms with Crippen molar-refractivity contribution in [1.29, 1.82) is 0 Å². The third-order valence-electron chi connectivity index (χ3n) is 4.39. The average Bonchev–Trinajstić information content (AvgIpc) is 2.74. The van der Waals surface area contributed by atoms with Crippen LogP contribution in [0, 0.1) is 6.92 Å². The number of aryl methyl sites for hydroxylation is 1. The minimum Gasteiger partial charge on any atom is -0.496 e. The van der Waals surface area contributed by atoms with Crippen LogP contribution < -0.4 is 9.47 Å². The first kappa shape index (κ1) is 26.1. The van der Waals surface area contributed by atoms with Crippen molar-refractivity contribution in [3.63, 3.8) is 0 Å². The second-order valence-corrected chi connectivity index (χ2v) is 8.05. The van der Waals surface area contributed by atoms with Gasteiger partial charge in [0.1, 0.15) is 30.3 Å². The Bertz CT molecular complexity index is 954. The number of nitrogens with zero attached hydrogens (tertiary/aromatic N) is 1. The molecule has 32 heavy (non-hydrogen) atoms. The third kappa shape index (κ3) is 7.74. The summed E-state index contributed by atoms with van der Waals surface area (Å²) in [7, 11) is 3.28. The summed E-state index contributed by atoms with van der Waals surface area (Å²) in [6, 6.07) is 8.10. The molecule has 2 aromatic carbocycles. The summed E-state index contributed by atoms with van der Waals surface area (Å²) < 4.78 is 21.1. The highest BCUT2D eigenvalue weighted by atomic mass is 35.5. The van der Waals surface area contributed by atoms with E-state index in [9.17, 15) is 9.59 Å². The molecule has 0 amide bonds. The number of benzene rings is 2. The molecule has 0 N–H and O–H groups in total. The SMILES string of the molecule is COc1c(C)ccc(Cl)c1C(=O)OCCN(C)CCOC(=O)COc1ccc(Cl)cc1Cl. The number of carbonyl (C=O) groups excluding carboxylic acids is 2. The van der Waals surface area contributed by atoms with Gasteiger partial charge in [-0.1, -0.05) is 40.9 Å². The molecule has 0 spiro atoms. The number of esters is 2. The monoisotopic (exact) mass is 503 g/mol. The van der Waals surface area contributed by atoms with Crippen LogP contribution in [-0.4, -0.2) is 63.9 Å². The highest BCUT2D eigenvalue weighted by molar-refractivity contribution is 6.35. The lowest BCUT2D eigenvalue weighted by Gasteiger charge is -2.17. The number of hydrogen-bond donors (Lipinski definition) is 0. The van der Waals surface area contributed by atoms with E-state index < -0.39 is 11.9 Å². The van der Waals surface area contributed by atoms with E-state index in [0.29, 0.717) is 34.6 Å². The Morgan fingerprint density at radius 2 is 1.66 bits per heavy atom. The van der Waals surface area contributed by atoms with Crippen molar-refractivity contribution < 1.29 is 28.5 Å². The maximum Gasteiger partial charge on any atom is 0.344 e. The molecule has 0 radical (unpaired) electrons. The number of rotatable bonds is 11. The van der Waals surface area contributed by atoms with Crippen molar-refractivity contribution in [2.24, 2.45) is 0 Å². The van der Waals surface area contributed by atoms with Crippen LogP contribution >= 0.6 is 34.8 Å². The van der Waals surface area contributed by atoms with Gasteiger partial charge in [-0.2, -0.15) is 0 Å². The van der Waals surface area contributed by atoms with Gasteiger partial charge in [-0.15, -0.1) is 0 Å². The molecule has 0 aliphatic heterocycles. The predicted molar refractivity (Wildman–Crippen MR) is 123 cm³/mol. The molecule has 0 heterocycles. The van der Waals surface area contributed by atoms with Crippen molar-refractivity contribution in [2.75, 3.05) is 47.1 Å². The van der Waals surface area contributed by atoms with Gasteiger partial charge < -0.3 is 18.9 Å². The van der Waals surface area contributed by atoms with Crippen LogP contribution in [-0.2, 0) is 14.3 Å². The molecule has 10 heteroatoms. The summed E-state index contributed by atoms with van der Waals surface area (Å²) >= 11 is 17.9. The molecule has 174 valence electrons. The summed E-state index contributed by atoms with van der Waals surface area (Å²) in [5.74, 6) is -0.354. The molecule has 2 rings (SSSR count). The summed E-state index contributed by atoms with van der Waals surface area (Å²) in [5.41, 5.74) is 0.983. The summed E-state index contributed by atoms with van der Waals surface area (Å²) in [6.45, 7) is 2.71. The second-order valence-electron chi connectivity index (χ2n) is 6.80. The zero-order chi connectivity index (χ0) is 23.7. The van der Waals surface area contributed by atoms with E-state index >= 15 is 0 Å². The van der Waals surface area contributed by atoms with E-state index in [2.05, 4.69) is 0 Å². The lowest BCUT2D eigenvalue weighted by molar-refractivity contribution is -0.146. The molecule has 0 saturated carbocycles. The van der Waals surface area contributed by atoms with Gasteiger partial charge in [-0.05, 0) is 43.8 Å². The van der Waals surface area contributed by atoms with Crippen LogP contribution in [0.4, 0.5) is 0 Å². The maximum atomic E-state index is 12.4. The van der Waals surface area contributed by atoms with Gasteiger partial charge in [-0.3, -0.25) is 4.90 Å². The predicted octanol–water partition coefficient (Wildman–Crippen LogP) is 4.67. The Balaban J connectivity index is 1.68. The first-order chi connectivity index (χ1) is 15.2. The van der Waals surface area contributed by atoms with Gasteiger partial charge in [0.2, 0.25) is 0 Å². The molecule has 0 atom stereocenters. The van der Waals surface area contributed by atoms with Gasteiger partial charge >= 0.3 is 11.9 Å². The van der Waals surface area contributed by atoms with E-state index in [1.165, 1.54) is 13.2 Å². The van der Waals surface area contributed by atoms with Crippen LogP contribution in [0.25, 0.3) is 0 Å². The second kappa shape index (κ2) is 12.7. The molecule has 0 aromatic heterocycles. The topological polar surface area (TPSA) is 74.3 Å². The zero-order valence-corrected chi connectivity index (χ0v) is 20.2. The standard InChI is InChI=1S/C22H24Cl3NO6/c1-14-4-6-16(24)20(21(14)29-3)22(28)31-11-9-26(2)8-10-30-19(27)13-32-18-7-5-15(23)12-17(18)25/h4-7,12H,8-11,13H2,1-3H3. The zero-order valence-electron chi connectivity index (χ0n) is 18.0. The van der Waals surface area contributed by atoms with Crippen molar-refractivity contribution in [3.05, 3.63) is 56.5 Å². The molecule has 2 aromatic rings. The van der Waals surface area contributed by atoms with E-state index in [0.717, 1.165) is 5.56 Å². The quantitative estimate of drug-likeness (QED) is 0.412. The first-order valence-corrected chi connectivity index (χ1v) is 10.8. The first-order valence-electron chi connectivity index (χ1n) is 9.65. The number of methoxy groups -OCH3 is 1. The van der Waals surface area contributed by atoms with Crippen LogP contribution in [0.3, 0.4) is 0 Å². The van der Waals surface area contributed by atoms with Gasteiger partial charge in [0.15, 0.2) is 6.61 Å².